The van der Waals surface area contributed by atoms with Gasteiger partial charge in [0.15, 0.2) is 13.4 Å². The Balaban J connectivity index is 1.56. The highest BCUT2D eigenvalue weighted by Crippen LogP contribution is 2.56. The first-order valence-electron chi connectivity index (χ1n) is 15.4. The first kappa shape index (κ1) is 26.9. The normalized spacial score (nSPS) is 38.3. The van der Waals surface area contributed by atoms with E-state index in [2.05, 4.69) is 71.1 Å². The molecule has 8 bridgehead atoms. The summed E-state index contributed by atoms with van der Waals surface area (Å²) >= 11 is 8.32. The quantitative estimate of drug-likeness (QED) is 0.267. The molecule has 36 heavy (non-hydrogen) atoms. The fourth-order valence-electron chi connectivity index (χ4n) is 10.8. The number of halogens is 2. The molecule has 6 aliphatic heterocycles. The summed E-state index contributed by atoms with van der Waals surface area (Å²) < 4.78 is 1.29. The molecule has 6 saturated heterocycles. The van der Waals surface area contributed by atoms with Crippen LogP contribution in [-0.2, 0) is 0 Å². The Labute approximate surface area is 241 Å². The molecule has 0 radical (unpaired) electrons. The van der Waals surface area contributed by atoms with Gasteiger partial charge in [0, 0.05) is 0 Å². The molecule has 0 amide bonds. The summed E-state index contributed by atoms with van der Waals surface area (Å²) in [7, 11) is -3.19. The minimum absolute atomic E-state index is 0.867. The molecule has 0 nitrogen and oxygen atoms in total. The molecule has 8 fully saturated rings. The van der Waals surface area contributed by atoms with Crippen LogP contribution in [0.5, 0.6) is 0 Å². The molecular formula is C30H48B2Br2Si2. The zero-order valence-corrected chi connectivity index (χ0v) is 29.0. The van der Waals surface area contributed by atoms with Crippen molar-refractivity contribution in [3.8, 4) is 0 Å². The second-order valence-corrected chi connectivity index (χ2v) is 28.9. The average molecular weight is 646 g/mol. The Morgan fingerprint density at radius 2 is 0.861 bits per heavy atom. The van der Waals surface area contributed by atoms with Crippen molar-refractivity contribution in [2.24, 2.45) is 35.5 Å². The van der Waals surface area contributed by atoms with E-state index in [0.717, 1.165) is 48.9 Å². The van der Waals surface area contributed by atoms with Gasteiger partial charge in [-0.25, -0.2) is 0 Å². The van der Waals surface area contributed by atoms with Gasteiger partial charge in [0.1, 0.15) is 0 Å². The van der Waals surface area contributed by atoms with Crippen LogP contribution in [0.15, 0.2) is 30.3 Å². The van der Waals surface area contributed by atoms with Crippen LogP contribution in [0.4, 0.5) is 0 Å². The van der Waals surface area contributed by atoms with Gasteiger partial charge in [-0.1, -0.05) is 75.0 Å². The fraction of sp³-hybridized carbons (Fsp3) is 0.800. The van der Waals surface area contributed by atoms with E-state index in [-0.39, 0.29) is 0 Å². The number of hydrogen-bond donors (Lipinski definition) is 0. The Morgan fingerprint density at radius 1 is 0.556 bits per heavy atom. The fourth-order valence-corrected chi connectivity index (χ4v) is 17.0. The van der Waals surface area contributed by atoms with Gasteiger partial charge in [-0.05, 0) is 124 Å². The molecule has 2 saturated carbocycles. The summed E-state index contributed by atoms with van der Waals surface area (Å²) in [6, 6.07) is 0. The zero-order chi connectivity index (χ0) is 25.6. The summed E-state index contributed by atoms with van der Waals surface area (Å²) in [6.07, 6.45) is 18.0. The second kappa shape index (κ2) is 9.69. The highest BCUT2D eigenvalue weighted by molar-refractivity contribution is 9.28. The van der Waals surface area contributed by atoms with Gasteiger partial charge in [-0.15, -0.1) is 10.9 Å². The van der Waals surface area contributed by atoms with Crippen LogP contribution in [0.1, 0.15) is 51.4 Å². The van der Waals surface area contributed by atoms with Crippen molar-refractivity contribution in [3.05, 3.63) is 30.3 Å². The summed E-state index contributed by atoms with van der Waals surface area (Å²) in [4.78, 5) is 0. The molecule has 0 aromatic carbocycles. The van der Waals surface area contributed by atoms with Gasteiger partial charge in [0.05, 0.1) is 19.5 Å². The zero-order valence-electron chi connectivity index (χ0n) is 23.9. The number of fused-ring (bicyclic) bond motifs is 2. The van der Waals surface area contributed by atoms with E-state index < -0.39 is 16.1 Å². The van der Waals surface area contributed by atoms with Gasteiger partial charge in [0.25, 0.3) is 0 Å². The van der Waals surface area contributed by atoms with E-state index in [0.29, 0.717) is 0 Å². The standard InChI is InChI=1S/C30H48B2Br2Si2/c1-35(2,3)28(25-13-19-7-21-11-22(8-19)16-31(25)15-21)27(30(33)34)29(36(4,5)6)26-14-20-9-23-12-24(10-20)18-32(26)17-23/h19-24H,7-18H2,1-6H3/b28-25-,29-26-. The van der Waals surface area contributed by atoms with E-state index >= 15 is 0 Å². The summed E-state index contributed by atoms with van der Waals surface area (Å²) in [5.74, 6) is 6.02. The lowest BCUT2D eigenvalue weighted by Crippen LogP contribution is -2.39. The molecule has 8 aliphatic rings. The Bertz CT molecular complexity index is 911. The van der Waals surface area contributed by atoms with Crippen molar-refractivity contribution in [2.45, 2.75) is 116 Å². The van der Waals surface area contributed by atoms with Gasteiger partial charge < -0.3 is 0 Å². The Kier molecular flexibility index (Phi) is 7.25. The highest BCUT2D eigenvalue weighted by Gasteiger charge is 2.48. The number of allylic oxidation sites excluding steroid dienone is 5. The molecule has 0 N–H and O–H groups in total. The maximum atomic E-state index is 4.16. The molecule has 0 aromatic rings. The molecule has 4 unspecified atom stereocenters. The van der Waals surface area contributed by atoms with Gasteiger partial charge in [-0.3, -0.25) is 0 Å². The SMILES string of the molecule is C[Si](C)(C)/C(C(=C(Br)Br)/C(=C1\CC2CC3CB1CC(C3)C2)[Si](C)(C)C)=C1/CC2CC3CB1CC(C3)C2. The minimum Gasteiger partial charge on any atom is -0.101 e. The summed E-state index contributed by atoms with van der Waals surface area (Å²) in [5.41, 5.74) is 5.60. The van der Waals surface area contributed by atoms with Crippen LogP contribution in [0, 0.1) is 35.5 Å². The minimum atomic E-state index is -1.60. The topological polar surface area (TPSA) is 0 Å². The Morgan fingerprint density at radius 3 is 1.14 bits per heavy atom. The highest BCUT2D eigenvalue weighted by atomic mass is 79.9. The number of hydrogen-bond acceptors (Lipinski definition) is 0. The van der Waals surface area contributed by atoms with Gasteiger partial charge in [-0.2, -0.15) is 0 Å². The van der Waals surface area contributed by atoms with E-state index in [1.807, 2.05) is 21.3 Å². The van der Waals surface area contributed by atoms with Gasteiger partial charge in [0.2, 0.25) is 0 Å². The van der Waals surface area contributed by atoms with Gasteiger partial charge >= 0.3 is 0 Å². The van der Waals surface area contributed by atoms with E-state index in [4.69, 9.17) is 0 Å². The van der Waals surface area contributed by atoms with Crippen LogP contribution in [-0.4, -0.2) is 29.6 Å². The first-order valence-corrected chi connectivity index (χ1v) is 24.0. The third kappa shape index (κ3) is 5.02. The predicted molar refractivity (Wildman–Crippen MR) is 174 cm³/mol. The first-order chi connectivity index (χ1) is 16.9. The van der Waals surface area contributed by atoms with Crippen molar-refractivity contribution in [3.63, 3.8) is 0 Å². The molecule has 0 aromatic heterocycles. The van der Waals surface area contributed by atoms with E-state index in [1.54, 1.807) is 18.4 Å². The predicted octanol–water partition coefficient (Wildman–Crippen LogP) is 10.3. The van der Waals surface area contributed by atoms with Crippen molar-refractivity contribution in [1.29, 1.82) is 0 Å². The van der Waals surface area contributed by atoms with Crippen LogP contribution >= 0.6 is 31.9 Å². The summed E-state index contributed by atoms with van der Waals surface area (Å²) in [6.45, 7) is 17.7. The Hall–Kier alpha value is 0.744. The maximum Gasteiger partial charge on any atom is 0.170 e. The molecule has 2 aliphatic carbocycles. The molecule has 6 heteroatoms. The summed E-state index contributed by atoms with van der Waals surface area (Å²) in [5, 5.41) is 3.77. The number of rotatable bonds is 4. The van der Waals surface area contributed by atoms with E-state index in [1.165, 1.54) is 67.2 Å². The lowest BCUT2D eigenvalue weighted by Gasteiger charge is -2.39. The van der Waals surface area contributed by atoms with Crippen molar-refractivity contribution >= 4 is 61.4 Å². The van der Waals surface area contributed by atoms with Crippen LogP contribution in [0.25, 0.3) is 0 Å². The lowest BCUT2D eigenvalue weighted by atomic mass is 9.34. The molecule has 0 spiro atoms. The molecule has 4 atom stereocenters. The third-order valence-corrected chi connectivity index (χ3v) is 16.2. The third-order valence-electron chi connectivity index (χ3n) is 11.3. The van der Waals surface area contributed by atoms with Crippen LogP contribution in [0.2, 0.25) is 64.6 Å². The second-order valence-electron chi connectivity index (χ2n) is 16.3. The maximum absolute atomic E-state index is 4.16. The lowest BCUT2D eigenvalue weighted by molar-refractivity contribution is 0.216. The molecular weight excluding hydrogens is 598 g/mol. The van der Waals surface area contributed by atoms with Crippen molar-refractivity contribution in [1.82, 2.24) is 0 Å². The van der Waals surface area contributed by atoms with Crippen molar-refractivity contribution in [2.75, 3.05) is 0 Å². The van der Waals surface area contributed by atoms with Crippen molar-refractivity contribution < 1.29 is 0 Å². The van der Waals surface area contributed by atoms with E-state index in [9.17, 15) is 0 Å². The monoisotopic (exact) mass is 644 g/mol. The largest absolute Gasteiger partial charge is 0.170 e. The molecule has 196 valence electrons. The molecule has 8 rings (SSSR count). The average Bonchev–Trinajstić information content (AvgIpc) is 3.04. The molecule has 6 heterocycles. The smallest absolute Gasteiger partial charge is 0.101 e. The van der Waals surface area contributed by atoms with Crippen LogP contribution < -0.4 is 0 Å². The van der Waals surface area contributed by atoms with Crippen LogP contribution in [0.3, 0.4) is 0 Å².